The molecular formula is C9H8N2O3. The van der Waals surface area contributed by atoms with Crippen LogP contribution >= 0.6 is 0 Å². The first-order chi connectivity index (χ1) is 6.74. The van der Waals surface area contributed by atoms with E-state index in [9.17, 15) is 10.1 Å². The average Bonchev–Trinajstić information content (AvgIpc) is 2.19. The number of nitrogens with zero attached hydrogens (tertiary/aromatic N) is 2. The van der Waals surface area contributed by atoms with Gasteiger partial charge in [-0.3, -0.25) is 10.1 Å². The second-order valence-corrected chi connectivity index (χ2v) is 2.43. The van der Waals surface area contributed by atoms with E-state index in [1.807, 2.05) is 0 Å². The number of aliphatic hydroxyl groups excluding tert-OH is 1. The summed E-state index contributed by atoms with van der Waals surface area (Å²) in [5, 5.41) is 18.7. The summed E-state index contributed by atoms with van der Waals surface area (Å²) in [4.78, 5) is 13.5. The van der Waals surface area contributed by atoms with Crippen molar-refractivity contribution in [2.75, 3.05) is 6.61 Å². The lowest BCUT2D eigenvalue weighted by molar-refractivity contribution is -0.385. The van der Waals surface area contributed by atoms with Crippen LogP contribution in [0, 0.1) is 22.0 Å². The molecule has 1 aromatic heterocycles. The van der Waals surface area contributed by atoms with Crippen LogP contribution < -0.4 is 0 Å². The van der Waals surface area contributed by atoms with E-state index in [4.69, 9.17) is 5.11 Å². The van der Waals surface area contributed by atoms with Crippen LogP contribution in [0.15, 0.2) is 18.3 Å². The van der Waals surface area contributed by atoms with Gasteiger partial charge in [0.15, 0.2) is 0 Å². The van der Waals surface area contributed by atoms with Crippen molar-refractivity contribution in [3.63, 3.8) is 0 Å². The van der Waals surface area contributed by atoms with Crippen molar-refractivity contribution < 1.29 is 10.0 Å². The molecule has 0 aliphatic carbocycles. The van der Waals surface area contributed by atoms with Gasteiger partial charge in [-0.2, -0.15) is 0 Å². The van der Waals surface area contributed by atoms with Crippen LogP contribution in [0.1, 0.15) is 12.1 Å². The van der Waals surface area contributed by atoms with Gasteiger partial charge in [0.25, 0.3) is 5.69 Å². The normalized spacial score (nSPS) is 8.93. The molecule has 0 saturated heterocycles. The van der Waals surface area contributed by atoms with Crippen LogP contribution in [-0.2, 0) is 0 Å². The van der Waals surface area contributed by atoms with Gasteiger partial charge in [0.05, 0.1) is 11.5 Å². The predicted molar refractivity (Wildman–Crippen MR) is 49.5 cm³/mol. The molecule has 1 rings (SSSR count). The van der Waals surface area contributed by atoms with Crippen molar-refractivity contribution in [1.82, 2.24) is 4.98 Å². The fourth-order valence-corrected chi connectivity index (χ4v) is 0.777. The van der Waals surface area contributed by atoms with E-state index in [0.29, 0.717) is 12.1 Å². The minimum absolute atomic E-state index is 0.0000185. The molecule has 72 valence electrons. The molecule has 0 spiro atoms. The molecule has 0 aliphatic rings. The summed E-state index contributed by atoms with van der Waals surface area (Å²) >= 11 is 0. The largest absolute Gasteiger partial charge is 0.395 e. The van der Waals surface area contributed by atoms with Crippen molar-refractivity contribution >= 4 is 5.69 Å². The molecule has 0 atom stereocenters. The minimum Gasteiger partial charge on any atom is -0.395 e. The summed E-state index contributed by atoms with van der Waals surface area (Å²) in [7, 11) is 0. The Morgan fingerprint density at radius 3 is 2.86 bits per heavy atom. The SMILES string of the molecule is O=[N+]([O-])c1ccc(C#CCCO)nc1. The molecule has 0 unspecified atom stereocenters. The van der Waals surface area contributed by atoms with E-state index < -0.39 is 4.92 Å². The summed E-state index contributed by atoms with van der Waals surface area (Å²) < 4.78 is 0. The Balaban J connectivity index is 2.75. The first-order valence-corrected chi connectivity index (χ1v) is 3.94. The summed E-state index contributed by atoms with van der Waals surface area (Å²) in [5.74, 6) is 5.34. The molecule has 5 heteroatoms. The fourth-order valence-electron chi connectivity index (χ4n) is 0.777. The quantitative estimate of drug-likeness (QED) is 0.425. The molecule has 1 aromatic rings. The number of hydrogen-bond donors (Lipinski definition) is 1. The highest BCUT2D eigenvalue weighted by atomic mass is 16.6. The third-order valence-electron chi connectivity index (χ3n) is 1.41. The van der Waals surface area contributed by atoms with Gasteiger partial charge in [-0.15, -0.1) is 0 Å². The van der Waals surface area contributed by atoms with E-state index in [2.05, 4.69) is 16.8 Å². The van der Waals surface area contributed by atoms with Crippen LogP contribution in [0.2, 0.25) is 0 Å². The maximum atomic E-state index is 10.3. The number of aliphatic hydroxyl groups is 1. The monoisotopic (exact) mass is 192 g/mol. The van der Waals surface area contributed by atoms with Crippen LogP contribution in [-0.4, -0.2) is 21.6 Å². The van der Waals surface area contributed by atoms with Crippen molar-refractivity contribution in [1.29, 1.82) is 0 Å². The zero-order valence-electron chi connectivity index (χ0n) is 7.30. The molecule has 1 N–H and O–H groups in total. The maximum Gasteiger partial charge on any atom is 0.287 e. The third kappa shape index (κ3) is 2.84. The first-order valence-electron chi connectivity index (χ1n) is 3.94. The van der Waals surface area contributed by atoms with E-state index >= 15 is 0 Å². The van der Waals surface area contributed by atoms with E-state index in [0.717, 1.165) is 6.20 Å². The molecule has 0 bridgehead atoms. The highest BCUT2D eigenvalue weighted by molar-refractivity contribution is 5.34. The lowest BCUT2D eigenvalue weighted by Crippen LogP contribution is -1.90. The van der Waals surface area contributed by atoms with Gasteiger partial charge in [0, 0.05) is 12.5 Å². The first kappa shape index (κ1) is 10.2. The maximum absolute atomic E-state index is 10.3. The molecule has 0 amide bonds. The van der Waals surface area contributed by atoms with E-state index in [-0.39, 0.29) is 12.3 Å². The Labute approximate surface area is 80.6 Å². The molecule has 14 heavy (non-hydrogen) atoms. The Morgan fingerprint density at radius 1 is 1.57 bits per heavy atom. The van der Waals surface area contributed by atoms with Gasteiger partial charge >= 0.3 is 0 Å². The number of aromatic nitrogens is 1. The molecule has 1 heterocycles. The molecule has 0 radical (unpaired) electrons. The Kier molecular flexibility index (Phi) is 3.58. The Hall–Kier alpha value is -1.93. The molecular weight excluding hydrogens is 184 g/mol. The molecule has 0 aromatic carbocycles. The Morgan fingerprint density at radius 2 is 2.36 bits per heavy atom. The van der Waals surface area contributed by atoms with Crippen molar-refractivity contribution in [2.24, 2.45) is 0 Å². The lowest BCUT2D eigenvalue weighted by atomic mass is 10.3. The smallest absolute Gasteiger partial charge is 0.287 e. The van der Waals surface area contributed by atoms with Gasteiger partial charge < -0.3 is 5.11 Å². The van der Waals surface area contributed by atoms with Gasteiger partial charge in [-0.25, -0.2) is 4.98 Å². The molecule has 5 nitrogen and oxygen atoms in total. The number of rotatable bonds is 2. The van der Waals surface area contributed by atoms with Crippen LogP contribution in [0.25, 0.3) is 0 Å². The predicted octanol–water partition coefficient (Wildman–Crippen LogP) is 0.724. The third-order valence-corrected chi connectivity index (χ3v) is 1.41. The zero-order chi connectivity index (χ0) is 10.4. The standard InChI is InChI=1S/C9H8N2O3/c12-6-2-1-3-8-4-5-9(7-10-8)11(13)14/h4-5,7,12H,2,6H2. The fraction of sp³-hybridized carbons (Fsp3) is 0.222. The van der Waals surface area contributed by atoms with Crippen LogP contribution in [0.4, 0.5) is 5.69 Å². The Bertz CT molecular complexity index is 375. The number of hydrogen-bond acceptors (Lipinski definition) is 4. The average molecular weight is 192 g/mol. The molecule has 0 fully saturated rings. The number of pyridine rings is 1. The van der Waals surface area contributed by atoms with Gasteiger partial charge in [-0.05, 0) is 12.0 Å². The van der Waals surface area contributed by atoms with Crippen molar-refractivity contribution in [3.05, 3.63) is 34.1 Å². The van der Waals surface area contributed by atoms with Crippen LogP contribution in [0.5, 0.6) is 0 Å². The topological polar surface area (TPSA) is 76.3 Å². The van der Waals surface area contributed by atoms with Crippen LogP contribution in [0.3, 0.4) is 0 Å². The highest BCUT2D eigenvalue weighted by Gasteiger charge is 2.03. The van der Waals surface area contributed by atoms with E-state index in [1.54, 1.807) is 0 Å². The summed E-state index contributed by atoms with van der Waals surface area (Å²) in [6.45, 7) is -0.0000185. The van der Waals surface area contributed by atoms with Gasteiger partial charge in [-0.1, -0.05) is 5.92 Å². The minimum atomic E-state index is -0.516. The lowest BCUT2D eigenvalue weighted by Gasteiger charge is -1.90. The van der Waals surface area contributed by atoms with Crippen molar-refractivity contribution in [2.45, 2.75) is 6.42 Å². The zero-order valence-corrected chi connectivity index (χ0v) is 7.30. The molecule has 0 aliphatic heterocycles. The highest BCUT2D eigenvalue weighted by Crippen LogP contribution is 2.07. The van der Waals surface area contributed by atoms with E-state index in [1.165, 1.54) is 12.1 Å². The second-order valence-electron chi connectivity index (χ2n) is 2.43. The van der Waals surface area contributed by atoms with Crippen molar-refractivity contribution in [3.8, 4) is 11.8 Å². The summed E-state index contributed by atoms with van der Waals surface area (Å²) in [5.41, 5.74) is 0.404. The van der Waals surface area contributed by atoms with Gasteiger partial charge in [0.2, 0.25) is 0 Å². The number of nitro groups is 1. The second kappa shape index (κ2) is 4.94. The molecule has 0 saturated carbocycles. The van der Waals surface area contributed by atoms with Gasteiger partial charge in [0.1, 0.15) is 11.9 Å². The summed E-state index contributed by atoms with van der Waals surface area (Å²) in [6, 6.07) is 2.82. The summed E-state index contributed by atoms with van der Waals surface area (Å²) in [6.07, 6.45) is 1.53.